The number of hydrogen-bond donors (Lipinski definition) is 2. The van der Waals surface area contributed by atoms with Crippen molar-refractivity contribution in [1.82, 2.24) is 5.43 Å². The molecule has 0 aromatic carbocycles. The summed E-state index contributed by atoms with van der Waals surface area (Å²) in [6.45, 7) is 2.32. The topological polar surface area (TPSA) is 38.0 Å². The van der Waals surface area contributed by atoms with Crippen molar-refractivity contribution in [2.24, 2.45) is 23.6 Å². The zero-order valence-corrected chi connectivity index (χ0v) is 13.6. The van der Waals surface area contributed by atoms with E-state index in [1.54, 1.807) is 0 Å². The highest BCUT2D eigenvalue weighted by atomic mass is 15.2. The normalized spacial score (nSPS) is 30.3. The molecule has 1 unspecified atom stereocenters. The monoisotopic (exact) mass is 280 g/mol. The summed E-state index contributed by atoms with van der Waals surface area (Å²) >= 11 is 0. The number of rotatable bonds is 7. The molecule has 0 aromatic rings. The number of hydrogen-bond acceptors (Lipinski definition) is 2. The predicted octanol–water partition coefficient (Wildman–Crippen LogP) is 4.79. The van der Waals surface area contributed by atoms with Gasteiger partial charge in [-0.25, -0.2) is 0 Å². The van der Waals surface area contributed by atoms with Gasteiger partial charge in [-0.15, -0.1) is 0 Å². The smallest absolute Gasteiger partial charge is 0.0238 e. The molecule has 0 aromatic heterocycles. The summed E-state index contributed by atoms with van der Waals surface area (Å²) in [6, 6.07) is 0.583. The van der Waals surface area contributed by atoms with Crippen molar-refractivity contribution in [3.05, 3.63) is 0 Å². The second-order valence-electron chi connectivity index (χ2n) is 7.42. The van der Waals surface area contributed by atoms with E-state index in [0.717, 1.165) is 17.8 Å². The first-order valence-corrected chi connectivity index (χ1v) is 9.29. The number of nitrogens with one attached hydrogen (secondary N) is 1. The largest absolute Gasteiger partial charge is 0.271 e. The Bertz CT molecular complexity index is 240. The van der Waals surface area contributed by atoms with Crippen molar-refractivity contribution < 1.29 is 0 Å². The van der Waals surface area contributed by atoms with Crippen LogP contribution in [0.15, 0.2) is 0 Å². The SMILES string of the molecule is CCCC1CCC(C(CCC2CCCCC2)NN)CC1. The molecule has 0 heterocycles. The molecule has 0 radical (unpaired) electrons. The van der Waals surface area contributed by atoms with Crippen LogP contribution in [0.3, 0.4) is 0 Å². The van der Waals surface area contributed by atoms with Gasteiger partial charge in [0, 0.05) is 6.04 Å². The Labute approximate surface area is 126 Å². The van der Waals surface area contributed by atoms with E-state index in [1.165, 1.54) is 83.5 Å². The van der Waals surface area contributed by atoms with Crippen LogP contribution in [0.25, 0.3) is 0 Å². The molecule has 1 atom stereocenters. The minimum absolute atomic E-state index is 0.583. The highest BCUT2D eigenvalue weighted by Gasteiger charge is 2.27. The van der Waals surface area contributed by atoms with Crippen molar-refractivity contribution in [1.29, 1.82) is 0 Å². The third kappa shape index (κ3) is 5.04. The quantitative estimate of drug-likeness (QED) is 0.520. The lowest BCUT2D eigenvalue weighted by atomic mass is 9.75. The average molecular weight is 280 g/mol. The number of nitrogens with two attached hydrogens (primary N) is 1. The summed E-state index contributed by atoms with van der Waals surface area (Å²) in [5.41, 5.74) is 3.16. The van der Waals surface area contributed by atoms with E-state index in [9.17, 15) is 0 Å². The van der Waals surface area contributed by atoms with E-state index in [1.807, 2.05) is 0 Å². The zero-order valence-electron chi connectivity index (χ0n) is 13.6. The Hall–Kier alpha value is -0.0800. The van der Waals surface area contributed by atoms with Gasteiger partial charge < -0.3 is 0 Å². The summed E-state index contributed by atoms with van der Waals surface area (Å²) in [5.74, 6) is 8.71. The van der Waals surface area contributed by atoms with Gasteiger partial charge >= 0.3 is 0 Å². The maximum Gasteiger partial charge on any atom is 0.0238 e. The predicted molar refractivity (Wildman–Crippen MR) is 87.3 cm³/mol. The molecule has 3 N–H and O–H groups in total. The van der Waals surface area contributed by atoms with Crippen LogP contribution in [0.4, 0.5) is 0 Å². The van der Waals surface area contributed by atoms with E-state index in [2.05, 4.69) is 12.3 Å². The molecule has 0 spiro atoms. The van der Waals surface area contributed by atoms with Crippen LogP contribution < -0.4 is 11.3 Å². The van der Waals surface area contributed by atoms with Crippen LogP contribution in [-0.2, 0) is 0 Å². The first kappa shape index (κ1) is 16.3. The van der Waals surface area contributed by atoms with E-state index >= 15 is 0 Å². The van der Waals surface area contributed by atoms with Gasteiger partial charge in [-0.1, -0.05) is 64.7 Å². The van der Waals surface area contributed by atoms with Gasteiger partial charge in [0.2, 0.25) is 0 Å². The first-order valence-electron chi connectivity index (χ1n) is 9.29. The summed E-state index contributed by atoms with van der Waals surface area (Å²) in [5, 5.41) is 0. The molecule has 0 amide bonds. The molecule has 2 nitrogen and oxygen atoms in total. The van der Waals surface area contributed by atoms with Crippen LogP contribution >= 0.6 is 0 Å². The van der Waals surface area contributed by atoms with Crippen LogP contribution in [0.1, 0.15) is 90.4 Å². The van der Waals surface area contributed by atoms with E-state index in [4.69, 9.17) is 5.84 Å². The molecular formula is C18H36N2. The Morgan fingerprint density at radius 1 is 0.900 bits per heavy atom. The van der Waals surface area contributed by atoms with E-state index in [-0.39, 0.29) is 0 Å². The third-order valence-electron chi connectivity index (χ3n) is 5.98. The third-order valence-corrected chi connectivity index (χ3v) is 5.98. The summed E-state index contributed by atoms with van der Waals surface area (Å²) in [4.78, 5) is 0. The van der Waals surface area contributed by atoms with Crippen LogP contribution in [0.2, 0.25) is 0 Å². The lowest BCUT2D eigenvalue weighted by Crippen LogP contribution is -2.42. The highest BCUT2D eigenvalue weighted by molar-refractivity contribution is 4.82. The highest BCUT2D eigenvalue weighted by Crippen LogP contribution is 2.35. The summed E-state index contributed by atoms with van der Waals surface area (Å²) < 4.78 is 0. The Morgan fingerprint density at radius 2 is 1.55 bits per heavy atom. The van der Waals surface area contributed by atoms with E-state index < -0.39 is 0 Å². The lowest BCUT2D eigenvalue weighted by Gasteiger charge is -2.34. The fourth-order valence-corrected chi connectivity index (χ4v) is 4.63. The van der Waals surface area contributed by atoms with Crippen LogP contribution in [0.5, 0.6) is 0 Å². The molecule has 2 rings (SSSR count). The van der Waals surface area contributed by atoms with Gasteiger partial charge in [-0.2, -0.15) is 0 Å². The molecule has 2 saturated carbocycles. The average Bonchev–Trinajstić information content (AvgIpc) is 2.51. The maximum absolute atomic E-state index is 5.86. The fourth-order valence-electron chi connectivity index (χ4n) is 4.63. The fraction of sp³-hybridized carbons (Fsp3) is 1.00. The van der Waals surface area contributed by atoms with Crippen molar-refractivity contribution in [3.63, 3.8) is 0 Å². The molecule has 0 aliphatic heterocycles. The molecule has 2 aliphatic rings. The summed E-state index contributed by atoms with van der Waals surface area (Å²) in [7, 11) is 0. The van der Waals surface area contributed by atoms with Crippen molar-refractivity contribution in [3.8, 4) is 0 Å². The van der Waals surface area contributed by atoms with Crippen LogP contribution in [0, 0.1) is 17.8 Å². The van der Waals surface area contributed by atoms with Gasteiger partial charge in [0.15, 0.2) is 0 Å². The molecule has 2 heteroatoms. The van der Waals surface area contributed by atoms with Gasteiger partial charge in [0.05, 0.1) is 0 Å². The molecule has 20 heavy (non-hydrogen) atoms. The van der Waals surface area contributed by atoms with Gasteiger partial charge in [-0.3, -0.25) is 11.3 Å². The number of hydrazine groups is 1. The van der Waals surface area contributed by atoms with Crippen molar-refractivity contribution in [2.75, 3.05) is 0 Å². The second kappa shape index (κ2) is 9.04. The minimum atomic E-state index is 0.583. The Kier molecular flexibility index (Phi) is 7.37. The van der Waals surface area contributed by atoms with Gasteiger partial charge in [0.25, 0.3) is 0 Å². The maximum atomic E-state index is 5.86. The van der Waals surface area contributed by atoms with Crippen LogP contribution in [-0.4, -0.2) is 6.04 Å². The summed E-state index contributed by atoms with van der Waals surface area (Å²) in [6.07, 6.45) is 18.6. The second-order valence-corrected chi connectivity index (χ2v) is 7.42. The van der Waals surface area contributed by atoms with Gasteiger partial charge in [0.1, 0.15) is 0 Å². The molecule has 118 valence electrons. The zero-order chi connectivity index (χ0) is 14.2. The Balaban J connectivity index is 1.68. The van der Waals surface area contributed by atoms with Crippen molar-refractivity contribution in [2.45, 2.75) is 96.4 Å². The molecular weight excluding hydrogens is 244 g/mol. The molecule has 2 aliphatic carbocycles. The van der Waals surface area contributed by atoms with E-state index in [0.29, 0.717) is 6.04 Å². The molecule has 0 saturated heterocycles. The van der Waals surface area contributed by atoms with Gasteiger partial charge in [-0.05, 0) is 43.4 Å². The standard InChI is InChI=1S/C18H36N2/c1-2-6-15-9-12-17(13-10-15)18(20-19)14-11-16-7-4-3-5-8-16/h15-18,20H,2-14,19H2,1H3. The van der Waals surface area contributed by atoms with Crippen molar-refractivity contribution >= 4 is 0 Å². The molecule has 0 bridgehead atoms. The minimum Gasteiger partial charge on any atom is -0.271 e. The lowest BCUT2D eigenvalue weighted by molar-refractivity contribution is 0.196. The first-order chi connectivity index (χ1) is 9.83. The molecule has 2 fully saturated rings. The Morgan fingerprint density at radius 3 is 2.15 bits per heavy atom.